The van der Waals surface area contributed by atoms with E-state index in [1.54, 1.807) is 4.90 Å². The van der Waals surface area contributed by atoms with Gasteiger partial charge in [0.2, 0.25) is 0 Å². The minimum atomic E-state index is -0.0161. The molecule has 0 spiro atoms. The molecule has 2 aromatic carbocycles. The number of aryl methyl sites for hydroxylation is 2. The Morgan fingerprint density at radius 1 is 1.16 bits per heavy atom. The van der Waals surface area contributed by atoms with Crippen LogP contribution in [0.1, 0.15) is 34.1 Å². The fourth-order valence-electron chi connectivity index (χ4n) is 3.10. The number of hydrogen-bond donors (Lipinski definition) is 1. The molecule has 0 aliphatic rings. The highest BCUT2D eigenvalue weighted by Gasteiger charge is 2.19. The Balaban J connectivity index is 1.87. The number of ether oxygens (including phenoxy) is 1. The summed E-state index contributed by atoms with van der Waals surface area (Å²) in [5.74, 6) is 0.811. The molecule has 1 amide bonds. The Bertz CT molecular complexity index is 911. The summed E-state index contributed by atoms with van der Waals surface area (Å²) in [5, 5.41) is 1.10. The molecule has 1 N–H and O–H groups in total. The summed E-state index contributed by atoms with van der Waals surface area (Å²) >= 11 is 0. The molecule has 25 heavy (non-hydrogen) atoms. The van der Waals surface area contributed by atoms with Crippen molar-refractivity contribution in [2.45, 2.75) is 27.3 Å². The SMILES string of the molecule is CCOc1ccccc1CN(C)C(=O)c1[nH]c2ccc(C)cc2c1C. The Hall–Kier alpha value is -2.75. The van der Waals surface area contributed by atoms with Crippen molar-refractivity contribution < 1.29 is 9.53 Å². The van der Waals surface area contributed by atoms with Gasteiger partial charge < -0.3 is 14.6 Å². The number of amides is 1. The van der Waals surface area contributed by atoms with Crippen molar-refractivity contribution in [1.29, 1.82) is 0 Å². The topological polar surface area (TPSA) is 45.3 Å². The number of nitrogens with one attached hydrogen (secondary N) is 1. The molecule has 4 nitrogen and oxygen atoms in total. The largest absolute Gasteiger partial charge is 0.494 e. The van der Waals surface area contributed by atoms with Crippen molar-refractivity contribution in [2.75, 3.05) is 13.7 Å². The van der Waals surface area contributed by atoms with E-state index in [4.69, 9.17) is 4.74 Å². The summed E-state index contributed by atoms with van der Waals surface area (Å²) in [6, 6.07) is 14.0. The van der Waals surface area contributed by atoms with E-state index < -0.39 is 0 Å². The van der Waals surface area contributed by atoms with Crippen LogP contribution in [0.15, 0.2) is 42.5 Å². The highest BCUT2D eigenvalue weighted by Crippen LogP contribution is 2.25. The molecule has 0 radical (unpaired) electrons. The zero-order chi connectivity index (χ0) is 18.0. The number of rotatable bonds is 5. The molecule has 0 saturated heterocycles. The Morgan fingerprint density at radius 2 is 1.92 bits per heavy atom. The molecule has 0 aliphatic carbocycles. The molecule has 1 aromatic heterocycles. The third-order valence-electron chi connectivity index (χ3n) is 4.45. The summed E-state index contributed by atoms with van der Waals surface area (Å²) in [5.41, 5.74) is 4.83. The van der Waals surface area contributed by atoms with Crippen molar-refractivity contribution in [3.63, 3.8) is 0 Å². The first-order chi connectivity index (χ1) is 12.0. The van der Waals surface area contributed by atoms with E-state index in [-0.39, 0.29) is 5.91 Å². The van der Waals surface area contributed by atoms with E-state index in [9.17, 15) is 4.79 Å². The lowest BCUT2D eigenvalue weighted by atomic mass is 10.1. The molecule has 4 heteroatoms. The van der Waals surface area contributed by atoms with Crippen molar-refractivity contribution in [3.05, 3.63) is 64.8 Å². The zero-order valence-corrected chi connectivity index (χ0v) is 15.2. The molecule has 0 aliphatic heterocycles. The fourth-order valence-corrected chi connectivity index (χ4v) is 3.10. The molecule has 1 heterocycles. The number of carbonyl (C=O) groups excluding carboxylic acids is 1. The van der Waals surface area contributed by atoms with Gasteiger partial charge in [0.1, 0.15) is 11.4 Å². The van der Waals surface area contributed by atoms with Gasteiger partial charge in [0.05, 0.1) is 6.61 Å². The Kier molecular flexibility index (Phi) is 4.79. The van der Waals surface area contributed by atoms with Crippen LogP contribution >= 0.6 is 0 Å². The predicted molar refractivity (Wildman–Crippen MR) is 101 cm³/mol. The number of nitrogens with zero attached hydrogens (tertiary/aromatic N) is 1. The van der Waals surface area contributed by atoms with Crippen LogP contribution < -0.4 is 4.74 Å². The lowest BCUT2D eigenvalue weighted by Crippen LogP contribution is -2.27. The van der Waals surface area contributed by atoms with Crippen LogP contribution in [0.25, 0.3) is 10.9 Å². The standard InChI is InChI=1S/C21H24N2O2/c1-5-25-19-9-7-6-8-16(19)13-23(4)21(24)20-15(3)17-12-14(2)10-11-18(17)22-20/h6-12,22H,5,13H2,1-4H3. The van der Waals surface area contributed by atoms with Gasteiger partial charge >= 0.3 is 0 Å². The number of para-hydroxylation sites is 1. The number of fused-ring (bicyclic) bond motifs is 1. The number of benzene rings is 2. The number of carbonyl (C=O) groups is 1. The maximum Gasteiger partial charge on any atom is 0.270 e. The molecular formula is C21H24N2O2. The molecular weight excluding hydrogens is 312 g/mol. The normalized spacial score (nSPS) is 10.9. The number of H-pyrrole nitrogens is 1. The van der Waals surface area contributed by atoms with Crippen molar-refractivity contribution >= 4 is 16.8 Å². The highest BCUT2D eigenvalue weighted by molar-refractivity contribution is 6.00. The first-order valence-electron chi connectivity index (χ1n) is 8.56. The average Bonchev–Trinajstić information content (AvgIpc) is 2.92. The van der Waals surface area contributed by atoms with Crippen LogP contribution in [0.3, 0.4) is 0 Å². The quantitative estimate of drug-likeness (QED) is 0.748. The molecule has 0 saturated carbocycles. The van der Waals surface area contributed by atoms with Crippen LogP contribution in [-0.2, 0) is 6.54 Å². The van der Waals surface area contributed by atoms with Crippen LogP contribution in [-0.4, -0.2) is 29.4 Å². The van der Waals surface area contributed by atoms with Crippen molar-refractivity contribution in [2.24, 2.45) is 0 Å². The second kappa shape index (κ2) is 7.01. The minimum absolute atomic E-state index is 0.0161. The number of aromatic nitrogens is 1. The van der Waals surface area contributed by atoms with Gasteiger partial charge in [-0.1, -0.05) is 29.8 Å². The second-order valence-electron chi connectivity index (χ2n) is 6.38. The van der Waals surface area contributed by atoms with Gasteiger partial charge in [-0.25, -0.2) is 0 Å². The van der Waals surface area contributed by atoms with Crippen LogP contribution in [0.4, 0.5) is 0 Å². The average molecular weight is 336 g/mol. The fraction of sp³-hybridized carbons (Fsp3) is 0.286. The number of aromatic amines is 1. The van der Waals surface area contributed by atoms with Crippen molar-refractivity contribution in [1.82, 2.24) is 9.88 Å². The summed E-state index contributed by atoms with van der Waals surface area (Å²) in [6.45, 7) is 7.12. The molecule has 3 rings (SSSR count). The molecule has 0 atom stereocenters. The lowest BCUT2D eigenvalue weighted by Gasteiger charge is -2.19. The van der Waals surface area contributed by atoms with Crippen LogP contribution in [0.5, 0.6) is 5.75 Å². The first-order valence-corrected chi connectivity index (χ1v) is 8.56. The Labute approximate surface area is 148 Å². The number of hydrogen-bond acceptors (Lipinski definition) is 2. The maximum atomic E-state index is 12.9. The maximum absolute atomic E-state index is 12.9. The highest BCUT2D eigenvalue weighted by atomic mass is 16.5. The Morgan fingerprint density at radius 3 is 2.68 bits per heavy atom. The summed E-state index contributed by atoms with van der Waals surface area (Å²) in [4.78, 5) is 17.9. The molecule has 130 valence electrons. The third kappa shape index (κ3) is 3.38. The van der Waals surface area contributed by atoms with Crippen LogP contribution in [0.2, 0.25) is 0 Å². The van der Waals surface area contributed by atoms with Gasteiger partial charge in [0, 0.05) is 30.1 Å². The first kappa shape index (κ1) is 17.1. The lowest BCUT2D eigenvalue weighted by molar-refractivity contribution is 0.0778. The van der Waals surface area contributed by atoms with Gasteiger partial charge in [0.25, 0.3) is 5.91 Å². The van der Waals surface area contributed by atoms with E-state index in [0.29, 0.717) is 18.8 Å². The third-order valence-corrected chi connectivity index (χ3v) is 4.45. The van der Waals surface area contributed by atoms with E-state index >= 15 is 0 Å². The van der Waals surface area contributed by atoms with Gasteiger partial charge in [-0.05, 0) is 44.5 Å². The van der Waals surface area contributed by atoms with Gasteiger partial charge in [0.15, 0.2) is 0 Å². The van der Waals surface area contributed by atoms with Gasteiger partial charge in [-0.3, -0.25) is 4.79 Å². The van der Waals surface area contributed by atoms with Crippen LogP contribution in [0, 0.1) is 13.8 Å². The summed E-state index contributed by atoms with van der Waals surface area (Å²) in [7, 11) is 1.82. The molecule has 0 fully saturated rings. The summed E-state index contributed by atoms with van der Waals surface area (Å²) in [6.07, 6.45) is 0. The van der Waals surface area contributed by atoms with E-state index in [1.165, 1.54) is 5.56 Å². The van der Waals surface area contributed by atoms with Gasteiger partial charge in [-0.15, -0.1) is 0 Å². The van der Waals surface area contributed by atoms with Gasteiger partial charge in [-0.2, -0.15) is 0 Å². The molecule has 0 bridgehead atoms. The van der Waals surface area contributed by atoms with E-state index in [0.717, 1.165) is 27.8 Å². The second-order valence-corrected chi connectivity index (χ2v) is 6.38. The smallest absolute Gasteiger partial charge is 0.270 e. The zero-order valence-electron chi connectivity index (χ0n) is 15.2. The van der Waals surface area contributed by atoms with E-state index in [1.807, 2.05) is 51.2 Å². The predicted octanol–water partition coefficient (Wildman–Crippen LogP) is 4.46. The monoisotopic (exact) mass is 336 g/mol. The van der Waals surface area contributed by atoms with E-state index in [2.05, 4.69) is 24.0 Å². The van der Waals surface area contributed by atoms with Crippen molar-refractivity contribution in [3.8, 4) is 5.75 Å². The molecule has 0 unspecified atom stereocenters. The minimum Gasteiger partial charge on any atom is -0.494 e. The summed E-state index contributed by atoms with van der Waals surface area (Å²) < 4.78 is 5.66. The molecule has 3 aromatic rings.